The van der Waals surface area contributed by atoms with Gasteiger partial charge in [0.05, 0.1) is 14.7 Å². The van der Waals surface area contributed by atoms with Gasteiger partial charge < -0.3 is 5.32 Å². The van der Waals surface area contributed by atoms with Crippen LogP contribution in [-0.2, 0) is 10.0 Å². The monoisotopic (exact) mass is 327 g/mol. The molecule has 0 bridgehead atoms. The number of nitro groups is 1. The molecule has 0 unspecified atom stereocenters. The fourth-order valence-electron chi connectivity index (χ4n) is 1.49. The molecule has 0 saturated carbocycles. The van der Waals surface area contributed by atoms with Gasteiger partial charge in [-0.3, -0.25) is 14.9 Å². The minimum Gasteiger partial charge on any atom is -0.321 e. The van der Waals surface area contributed by atoms with Gasteiger partial charge in [-0.15, -0.1) is 0 Å². The van der Waals surface area contributed by atoms with Crippen LogP contribution in [0.4, 0.5) is 10.7 Å². The van der Waals surface area contributed by atoms with E-state index < -0.39 is 20.9 Å². The van der Waals surface area contributed by atoms with Gasteiger partial charge in [0.1, 0.15) is 0 Å². The Hall–Kier alpha value is -2.30. The maximum absolute atomic E-state index is 11.9. The molecule has 0 spiro atoms. The van der Waals surface area contributed by atoms with Crippen LogP contribution in [0, 0.1) is 10.1 Å². The van der Waals surface area contributed by atoms with Crippen LogP contribution in [0.2, 0.25) is 0 Å². The minimum absolute atomic E-state index is 0.141. The van der Waals surface area contributed by atoms with Gasteiger partial charge in [-0.2, -0.15) is 0 Å². The molecule has 2 rings (SSSR count). The summed E-state index contributed by atoms with van der Waals surface area (Å²) in [6, 6.07) is 7.94. The number of hydrogen-bond acceptors (Lipinski definition) is 6. The molecule has 0 aliphatic heterocycles. The molecule has 21 heavy (non-hydrogen) atoms. The van der Waals surface area contributed by atoms with Crippen molar-refractivity contribution >= 4 is 38.0 Å². The number of thiophene rings is 1. The molecule has 0 fully saturated rings. The van der Waals surface area contributed by atoms with Crippen LogP contribution in [0.1, 0.15) is 9.67 Å². The quantitative estimate of drug-likeness (QED) is 0.649. The second-order valence-corrected chi connectivity index (χ2v) is 6.55. The lowest BCUT2D eigenvalue weighted by atomic mass is 10.3. The van der Waals surface area contributed by atoms with E-state index in [1.165, 1.54) is 36.4 Å². The molecule has 1 aromatic carbocycles. The molecule has 110 valence electrons. The van der Waals surface area contributed by atoms with Gasteiger partial charge in [-0.05, 0) is 24.3 Å². The number of nitrogens with two attached hydrogens (primary N) is 1. The second-order valence-electron chi connectivity index (χ2n) is 3.92. The van der Waals surface area contributed by atoms with Gasteiger partial charge in [0.15, 0.2) is 0 Å². The standard InChI is InChI=1S/C11H9N3O5S2/c12-21(18,19)8-3-1-2-7(6-8)13-11(15)9-4-5-10(20-9)14(16)17/h1-6H,(H,13,15)(H2,12,18,19). The Morgan fingerprint density at radius 2 is 2.00 bits per heavy atom. The maximum atomic E-state index is 11.9. The molecule has 1 amide bonds. The lowest BCUT2D eigenvalue weighted by Crippen LogP contribution is -2.14. The highest BCUT2D eigenvalue weighted by atomic mass is 32.2. The number of rotatable bonds is 4. The third-order valence-electron chi connectivity index (χ3n) is 2.42. The minimum atomic E-state index is -3.87. The summed E-state index contributed by atoms with van der Waals surface area (Å²) in [7, 11) is -3.87. The predicted octanol–water partition coefficient (Wildman–Crippen LogP) is 1.56. The Kier molecular flexibility index (Phi) is 4.02. The second kappa shape index (κ2) is 5.60. The first-order chi connectivity index (χ1) is 9.77. The van der Waals surface area contributed by atoms with Crippen LogP contribution < -0.4 is 10.5 Å². The maximum Gasteiger partial charge on any atom is 0.324 e. The highest BCUT2D eigenvalue weighted by molar-refractivity contribution is 7.89. The van der Waals surface area contributed by atoms with Gasteiger partial charge in [-0.1, -0.05) is 17.4 Å². The van der Waals surface area contributed by atoms with E-state index in [1.807, 2.05) is 0 Å². The SMILES string of the molecule is NS(=O)(=O)c1cccc(NC(=O)c2ccc([N+](=O)[O-])s2)c1. The smallest absolute Gasteiger partial charge is 0.321 e. The van der Waals surface area contributed by atoms with Crippen LogP contribution in [0.25, 0.3) is 0 Å². The summed E-state index contributed by atoms with van der Waals surface area (Å²) in [5.41, 5.74) is 0.225. The number of hydrogen-bond donors (Lipinski definition) is 2. The summed E-state index contributed by atoms with van der Waals surface area (Å²) in [4.78, 5) is 21.9. The average molecular weight is 327 g/mol. The van der Waals surface area contributed by atoms with Crippen LogP contribution in [0.3, 0.4) is 0 Å². The topological polar surface area (TPSA) is 132 Å². The van der Waals surface area contributed by atoms with Crippen molar-refractivity contribution in [2.24, 2.45) is 5.14 Å². The fourth-order valence-corrected chi connectivity index (χ4v) is 2.77. The van der Waals surface area contributed by atoms with Crippen LogP contribution in [0.5, 0.6) is 0 Å². The van der Waals surface area contributed by atoms with Crippen LogP contribution in [-0.4, -0.2) is 19.2 Å². The summed E-state index contributed by atoms with van der Waals surface area (Å²) in [5.74, 6) is -0.570. The highest BCUT2D eigenvalue weighted by Gasteiger charge is 2.16. The number of benzene rings is 1. The molecule has 2 aromatic rings. The van der Waals surface area contributed by atoms with Gasteiger partial charge in [0.2, 0.25) is 10.0 Å². The van der Waals surface area contributed by atoms with E-state index in [9.17, 15) is 23.3 Å². The molecule has 0 atom stereocenters. The summed E-state index contributed by atoms with van der Waals surface area (Å²) in [5, 5.41) is 17.8. The van der Waals surface area contributed by atoms with Gasteiger partial charge in [0, 0.05) is 11.8 Å². The van der Waals surface area contributed by atoms with E-state index in [1.54, 1.807) is 0 Å². The summed E-state index contributed by atoms with van der Waals surface area (Å²) in [6.07, 6.45) is 0. The number of nitrogens with one attached hydrogen (secondary N) is 1. The third-order valence-corrected chi connectivity index (χ3v) is 4.36. The predicted molar refractivity (Wildman–Crippen MR) is 76.7 cm³/mol. The Balaban J connectivity index is 2.21. The Morgan fingerprint density at radius 1 is 1.29 bits per heavy atom. The molecular weight excluding hydrogens is 318 g/mol. The van der Waals surface area contributed by atoms with E-state index in [-0.39, 0.29) is 20.5 Å². The number of carbonyl (C=O) groups excluding carboxylic acids is 1. The molecule has 0 aliphatic rings. The molecule has 8 nitrogen and oxygen atoms in total. The van der Waals surface area contributed by atoms with Crippen molar-refractivity contribution in [3.63, 3.8) is 0 Å². The van der Waals surface area contributed by atoms with Gasteiger partial charge in [0.25, 0.3) is 5.91 Å². The number of nitrogens with zero attached hydrogens (tertiary/aromatic N) is 1. The van der Waals surface area contributed by atoms with E-state index in [0.717, 1.165) is 11.3 Å². The Labute approximate surface area is 123 Å². The van der Waals surface area contributed by atoms with Crippen molar-refractivity contribution in [1.29, 1.82) is 0 Å². The number of carbonyl (C=O) groups is 1. The van der Waals surface area contributed by atoms with Crippen molar-refractivity contribution < 1.29 is 18.1 Å². The van der Waals surface area contributed by atoms with E-state index >= 15 is 0 Å². The van der Waals surface area contributed by atoms with Crippen molar-refractivity contribution in [2.45, 2.75) is 4.90 Å². The fraction of sp³-hybridized carbons (Fsp3) is 0. The van der Waals surface area contributed by atoms with Gasteiger partial charge >= 0.3 is 5.00 Å². The molecule has 0 radical (unpaired) electrons. The largest absolute Gasteiger partial charge is 0.324 e. The Morgan fingerprint density at radius 3 is 2.57 bits per heavy atom. The van der Waals surface area contributed by atoms with Crippen molar-refractivity contribution in [3.8, 4) is 0 Å². The Bertz CT molecular complexity index is 813. The zero-order valence-electron chi connectivity index (χ0n) is 10.3. The van der Waals surface area contributed by atoms with E-state index in [2.05, 4.69) is 5.32 Å². The average Bonchev–Trinajstić information content (AvgIpc) is 2.88. The molecule has 10 heteroatoms. The van der Waals surface area contributed by atoms with Crippen molar-refractivity contribution in [1.82, 2.24) is 0 Å². The number of amides is 1. The lowest BCUT2D eigenvalue weighted by molar-refractivity contribution is -0.380. The molecule has 3 N–H and O–H groups in total. The molecule has 0 saturated heterocycles. The molecule has 1 heterocycles. The van der Waals surface area contributed by atoms with Crippen LogP contribution in [0.15, 0.2) is 41.3 Å². The van der Waals surface area contributed by atoms with Crippen molar-refractivity contribution in [2.75, 3.05) is 5.32 Å². The first-order valence-corrected chi connectivity index (χ1v) is 7.82. The molecule has 1 aromatic heterocycles. The van der Waals surface area contributed by atoms with E-state index in [4.69, 9.17) is 5.14 Å². The number of sulfonamides is 1. The molecular formula is C11H9N3O5S2. The third kappa shape index (κ3) is 3.62. The first-order valence-electron chi connectivity index (χ1n) is 5.46. The highest BCUT2D eigenvalue weighted by Crippen LogP contribution is 2.25. The molecule has 0 aliphatic carbocycles. The summed E-state index contributed by atoms with van der Waals surface area (Å²) < 4.78 is 22.4. The summed E-state index contributed by atoms with van der Waals surface area (Å²) in [6.45, 7) is 0. The summed E-state index contributed by atoms with van der Waals surface area (Å²) >= 11 is 0.724. The van der Waals surface area contributed by atoms with E-state index in [0.29, 0.717) is 0 Å². The van der Waals surface area contributed by atoms with Crippen LogP contribution >= 0.6 is 11.3 Å². The zero-order valence-corrected chi connectivity index (χ0v) is 12.0. The normalized spacial score (nSPS) is 11.1. The first kappa shape index (κ1) is 15.1. The lowest BCUT2D eigenvalue weighted by Gasteiger charge is -2.05. The zero-order chi connectivity index (χ0) is 15.6. The van der Waals surface area contributed by atoms with Gasteiger partial charge in [-0.25, -0.2) is 13.6 Å². The number of anilines is 1. The number of primary sulfonamides is 1. The van der Waals surface area contributed by atoms with Crippen molar-refractivity contribution in [3.05, 3.63) is 51.4 Å².